The third-order valence-corrected chi connectivity index (χ3v) is 7.01. The molecule has 144 valence electrons. The summed E-state index contributed by atoms with van der Waals surface area (Å²) in [6.07, 6.45) is 1.39. The molecule has 0 aliphatic carbocycles. The Labute approximate surface area is 169 Å². The van der Waals surface area contributed by atoms with Crippen molar-refractivity contribution in [2.75, 3.05) is 23.7 Å². The van der Waals surface area contributed by atoms with Crippen LogP contribution in [0.15, 0.2) is 53.4 Å². The quantitative estimate of drug-likeness (QED) is 0.656. The van der Waals surface area contributed by atoms with Crippen molar-refractivity contribution in [3.05, 3.63) is 59.1 Å². The van der Waals surface area contributed by atoms with E-state index in [9.17, 15) is 13.2 Å². The van der Waals surface area contributed by atoms with Crippen molar-refractivity contribution in [2.24, 2.45) is 0 Å². The number of halogens is 1. The van der Waals surface area contributed by atoms with E-state index in [0.717, 1.165) is 23.4 Å². The summed E-state index contributed by atoms with van der Waals surface area (Å²) in [7, 11) is -3.55. The molecule has 1 aliphatic rings. The molecule has 0 atom stereocenters. The van der Waals surface area contributed by atoms with Gasteiger partial charge in [-0.25, -0.2) is 13.1 Å². The number of benzene rings is 2. The highest BCUT2D eigenvalue weighted by Crippen LogP contribution is 2.23. The highest BCUT2D eigenvalue weighted by Gasteiger charge is 2.22. The highest BCUT2D eigenvalue weighted by molar-refractivity contribution is 7.98. The molecule has 27 heavy (non-hydrogen) atoms. The summed E-state index contributed by atoms with van der Waals surface area (Å²) in [6, 6.07) is 14.1. The summed E-state index contributed by atoms with van der Waals surface area (Å²) in [6.45, 7) is 1.04. The Hall–Kier alpha value is -1.54. The molecule has 1 N–H and O–H groups in total. The van der Waals surface area contributed by atoms with Gasteiger partial charge in [-0.05, 0) is 48.4 Å². The van der Waals surface area contributed by atoms with Crippen molar-refractivity contribution in [2.45, 2.75) is 23.5 Å². The molecule has 1 heterocycles. The number of nitrogens with one attached hydrogen (secondary N) is 1. The number of nitrogens with zero attached hydrogens (tertiary/aromatic N) is 1. The van der Waals surface area contributed by atoms with Crippen LogP contribution < -0.4 is 9.62 Å². The van der Waals surface area contributed by atoms with Crippen molar-refractivity contribution in [3.63, 3.8) is 0 Å². The lowest BCUT2D eigenvalue weighted by atomic mass is 10.2. The van der Waals surface area contributed by atoms with E-state index in [2.05, 4.69) is 4.72 Å². The van der Waals surface area contributed by atoms with Gasteiger partial charge in [0.25, 0.3) is 0 Å². The van der Waals surface area contributed by atoms with E-state index in [1.54, 1.807) is 40.9 Å². The second kappa shape index (κ2) is 9.10. The molecular weight excluding hydrogens is 404 g/mol. The number of hydrogen-bond acceptors (Lipinski definition) is 4. The first-order valence-corrected chi connectivity index (χ1v) is 11.7. The van der Waals surface area contributed by atoms with Crippen LogP contribution in [0.3, 0.4) is 0 Å². The Morgan fingerprint density at radius 2 is 1.78 bits per heavy atom. The predicted molar refractivity (Wildman–Crippen MR) is 111 cm³/mol. The number of sulfonamides is 1. The van der Waals surface area contributed by atoms with Gasteiger partial charge < -0.3 is 4.90 Å². The van der Waals surface area contributed by atoms with E-state index in [4.69, 9.17) is 11.6 Å². The first-order valence-electron chi connectivity index (χ1n) is 8.68. The van der Waals surface area contributed by atoms with E-state index in [1.807, 2.05) is 24.3 Å². The normalized spacial score (nSPS) is 14.7. The van der Waals surface area contributed by atoms with Gasteiger partial charge >= 0.3 is 0 Å². The SMILES string of the molecule is O=C1CCCN1c1ccc(S(=O)(=O)NCCSCc2ccc(Cl)cc2)cc1. The topological polar surface area (TPSA) is 66.5 Å². The van der Waals surface area contributed by atoms with Crippen molar-refractivity contribution in [1.29, 1.82) is 0 Å². The molecule has 1 saturated heterocycles. The molecule has 0 unspecified atom stereocenters. The molecule has 5 nitrogen and oxygen atoms in total. The maximum atomic E-state index is 12.4. The van der Waals surface area contributed by atoms with E-state index >= 15 is 0 Å². The zero-order valence-electron chi connectivity index (χ0n) is 14.7. The first-order chi connectivity index (χ1) is 13.0. The van der Waals surface area contributed by atoms with Crippen LogP contribution in [-0.4, -0.2) is 33.2 Å². The lowest BCUT2D eigenvalue weighted by molar-refractivity contribution is -0.117. The molecule has 0 aromatic heterocycles. The third-order valence-electron chi connectivity index (χ3n) is 4.25. The lowest BCUT2D eigenvalue weighted by Crippen LogP contribution is -2.26. The van der Waals surface area contributed by atoms with Crippen LogP contribution in [0.2, 0.25) is 5.02 Å². The molecule has 0 saturated carbocycles. The molecule has 1 fully saturated rings. The molecule has 1 amide bonds. The van der Waals surface area contributed by atoms with E-state index < -0.39 is 10.0 Å². The summed E-state index contributed by atoms with van der Waals surface area (Å²) in [4.78, 5) is 13.7. The summed E-state index contributed by atoms with van der Waals surface area (Å²) < 4.78 is 27.4. The smallest absolute Gasteiger partial charge is 0.240 e. The monoisotopic (exact) mass is 424 g/mol. The lowest BCUT2D eigenvalue weighted by Gasteiger charge is -2.16. The Morgan fingerprint density at radius 1 is 1.07 bits per heavy atom. The maximum absolute atomic E-state index is 12.4. The first kappa shape index (κ1) is 20.2. The molecule has 0 bridgehead atoms. The van der Waals surface area contributed by atoms with Gasteiger partial charge in [0.1, 0.15) is 0 Å². The molecule has 3 rings (SSSR count). The molecule has 2 aromatic carbocycles. The van der Waals surface area contributed by atoms with Crippen LogP contribution >= 0.6 is 23.4 Å². The molecule has 2 aromatic rings. The van der Waals surface area contributed by atoms with Crippen LogP contribution in [0.5, 0.6) is 0 Å². The average Bonchev–Trinajstić information content (AvgIpc) is 3.09. The number of amides is 1. The van der Waals surface area contributed by atoms with Gasteiger partial charge in [-0.3, -0.25) is 4.79 Å². The number of rotatable bonds is 8. The zero-order valence-corrected chi connectivity index (χ0v) is 17.1. The van der Waals surface area contributed by atoms with E-state index in [0.29, 0.717) is 30.3 Å². The van der Waals surface area contributed by atoms with E-state index in [1.165, 1.54) is 0 Å². The third kappa shape index (κ3) is 5.48. The Balaban J connectivity index is 1.47. The Bertz CT molecular complexity index is 884. The second-order valence-electron chi connectivity index (χ2n) is 6.22. The molecule has 0 radical (unpaired) electrons. The fourth-order valence-corrected chi connectivity index (χ4v) is 4.93. The molecular formula is C19H21ClN2O3S2. The van der Waals surface area contributed by atoms with Crippen molar-refractivity contribution >= 4 is 45.0 Å². The van der Waals surface area contributed by atoms with Gasteiger partial charge in [-0.15, -0.1) is 0 Å². The highest BCUT2D eigenvalue weighted by atomic mass is 35.5. The number of carbonyl (C=O) groups is 1. The second-order valence-corrected chi connectivity index (χ2v) is 9.53. The minimum atomic E-state index is -3.55. The molecule has 1 aliphatic heterocycles. The van der Waals surface area contributed by atoms with Crippen molar-refractivity contribution in [1.82, 2.24) is 4.72 Å². The van der Waals surface area contributed by atoms with Gasteiger partial charge in [0.2, 0.25) is 15.9 Å². The summed E-state index contributed by atoms with van der Waals surface area (Å²) >= 11 is 7.51. The van der Waals surface area contributed by atoms with E-state index in [-0.39, 0.29) is 10.8 Å². The average molecular weight is 425 g/mol. The standard InChI is InChI=1S/C19H21ClN2O3S2/c20-16-5-3-15(4-6-16)14-26-13-11-21-27(24,25)18-9-7-17(8-10-18)22-12-1-2-19(22)23/h3-10,21H,1-2,11-14H2. The number of anilines is 1. The van der Waals surface area contributed by atoms with Crippen LogP contribution in [0.4, 0.5) is 5.69 Å². The largest absolute Gasteiger partial charge is 0.312 e. The van der Waals surface area contributed by atoms with Gasteiger partial charge in [0.05, 0.1) is 4.90 Å². The van der Waals surface area contributed by atoms with Crippen molar-refractivity contribution in [3.8, 4) is 0 Å². The van der Waals surface area contributed by atoms with Crippen LogP contribution in [0.25, 0.3) is 0 Å². The Kier molecular flexibility index (Phi) is 6.81. The van der Waals surface area contributed by atoms with Crippen LogP contribution in [0.1, 0.15) is 18.4 Å². The summed E-state index contributed by atoms with van der Waals surface area (Å²) in [5.41, 5.74) is 1.90. The fraction of sp³-hybridized carbons (Fsp3) is 0.316. The molecule has 0 spiro atoms. The van der Waals surface area contributed by atoms with Gasteiger partial charge in [-0.2, -0.15) is 11.8 Å². The maximum Gasteiger partial charge on any atom is 0.240 e. The van der Waals surface area contributed by atoms with Crippen LogP contribution in [-0.2, 0) is 20.6 Å². The summed E-state index contributed by atoms with van der Waals surface area (Å²) in [5.74, 6) is 1.56. The predicted octanol–water partition coefficient (Wildman–Crippen LogP) is 3.68. The zero-order chi connectivity index (χ0) is 19.3. The number of thioether (sulfide) groups is 1. The number of carbonyl (C=O) groups excluding carboxylic acids is 1. The van der Waals surface area contributed by atoms with Crippen molar-refractivity contribution < 1.29 is 13.2 Å². The minimum Gasteiger partial charge on any atom is -0.312 e. The summed E-state index contributed by atoms with van der Waals surface area (Å²) in [5, 5.41) is 0.705. The number of hydrogen-bond donors (Lipinski definition) is 1. The Morgan fingerprint density at radius 3 is 2.41 bits per heavy atom. The van der Waals surface area contributed by atoms with Gasteiger partial charge in [-0.1, -0.05) is 23.7 Å². The van der Waals surface area contributed by atoms with Crippen LogP contribution in [0, 0.1) is 0 Å². The fourth-order valence-electron chi connectivity index (χ4n) is 2.83. The minimum absolute atomic E-state index is 0.0847. The van der Waals surface area contributed by atoms with Gasteiger partial charge in [0, 0.05) is 41.7 Å². The molecule has 8 heteroatoms. The van der Waals surface area contributed by atoms with Gasteiger partial charge in [0.15, 0.2) is 0 Å².